The Morgan fingerprint density at radius 3 is 2.32 bits per heavy atom. The summed E-state index contributed by atoms with van der Waals surface area (Å²) in [4.78, 5) is 11.9. The predicted octanol–water partition coefficient (Wildman–Crippen LogP) is 3.71. The van der Waals surface area contributed by atoms with E-state index in [2.05, 4.69) is 0 Å². The summed E-state index contributed by atoms with van der Waals surface area (Å²) in [5, 5.41) is 0. The van der Waals surface area contributed by atoms with Gasteiger partial charge in [0.05, 0.1) is 13.7 Å². The first-order valence-corrected chi connectivity index (χ1v) is 6.99. The fourth-order valence-corrected chi connectivity index (χ4v) is 1.91. The van der Waals surface area contributed by atoms with Gasteiger partial charge in [0.2, 0.25) is 0 Å². The quantitative estimate of drug-likeness (QED) is 0.463. The lowest BCUT2D eigenvalue weighted by molar-refractivity contribution is -0.129. The zero-order chi connectivity index (χ0) is 15.8. The number of esters is 1. The molecule has 0 saturated carbocycles. The molecule has 2 aromatic rings. The number of hydrogen-bond donors (Lipinski definition) is 0. The van der Waals surface area contributed by atoms with Crippen LogP contribution in [-0.4, -0.2) is 19.7 Å². The van der Waals surface area contributed by atoms with Crippen LogP contribution in [0.1, 0.15) is 12.5 Å². The van der Waals surface area contributed by atoms with Crippen LogP contribution in [0.2, 0.25) is 0 Å². The third-order valence-electron chi connectivity index (χ3n) is 2.90. The van der Waals surface area contributed by atoms with E-state index in [1.165, 1.54) is 6.08 Å². The summed E-state index contributed by atoms with van der Waals surface area (Å²) in [5.41, 5.74) is 0.806. The highest BCUT2D eigenvalue weighted by molar-refractivity contribution is 5.89. The molecule has 0 fully saturated rings. The van der Waals surface area contributed by atoms with Gasteiger partial charge in [-0.3, -0.25) is 0 Å². The van der Waals surface area contributed by atoms with Crippen molar-refractivity contribution in [1.82, 2.24) is 0 Å². The van der Waals surface area contributed by atoms with Crippen LogP contribution in [0.15, 0.2) is 54.6 Å². The molecule has 0 radical (unpaired) electrons. The van der Waals surface area contributed by atoms with Gasteiger partial charge < -0.3 is 14.2 Å². The summed E-state index contributed by atoms with van der Waals surface area (Å²) >= 11 is 0. The highest BCUT2D eigenvalue weighted by Crippen LogP contribution is 2.26. The largest absolute Gasteiger partial charge is 0.496 e. The van der Waals surface area contributed by atoms with Gasteiger partial charge in [0, 0.05) is 11.6 Å². The molecule has 0 atom stereocenters. The van der Waals surface area contributed by atoms with E-state index in [4.69, 9.17) is 14.2 Å². The second kappa shape index (κ2) is 7.88. The molecule has 22 heavy (non-hydrogen) atoms. The molecule has 114 valence electrons. The van der Waals surface area contributed by atoms with Crippen LogP contribution in [0.5, 0.6) is 17.2 Å². The number of benzene rings is 2. The molecule has 0 saturated heterocycles. The average Bonchev–Trinajstić information content (AvgIpc) is 2.55. The molecule has 0 aliphatic heterocycles. The Hall–Kier alpha value is -2.75. The monoisotopic (exact) mass is 298 g/mol. The van der Waals surface area contributed by atoms with Crippen LogP contribution in [0.3, 0.4) is 0 Å². The third kappa shape index (κ3) is 4.12. The molecule has 0 bridgehead atoms. The molecule has 2 aromatic carbocycles. The molecule has 0 N–H and O–H groups in total. The molecule has 2 rings (SSSR count). The highest BCUT2D eigenvalue weighted by Gasteiger charge is 2.07. The van der Waals surface area contributed by atoms with Crippen molar-refractivity contribution < 1.29 is 19.0 Å². The second-order valence-corrected chi connectivity index (χ2v) is 4.38. The molecule has 0 aliphatic carbocycles. The van der Waals surface area contributed by atoms with E-state index in [0.717, 1.165) is 5.56 Å². The summed E-state index contributed by atoms with van der Waals surface area (Å²) in [6, 6.07) is 14.5. The van der Waals surface area contributed by atoms with Crippen molar-refractivity contribution in [2.24, 2.45) is 0 Å². The Morgan fingerprint density at radius 2 is 1.64 bits per heavy atom. The minimum atomic E-state index is -0.474. The van der Waals surface area contributed by atoms with Gasteiger partial charge in [-0.2, -0.15) is 0 Å². The lowest BCUT2D eigenvalue weighted by Gasteiger charge is -2.08. The minimum Gasteiger partial charge on any atom is -0.496 e. The smallest absolute Gasteiger partial charge is 0.336 e. The molecule has 0 aromatic heterocycles. The molecule has 0 heterocycles. The fraction of sp³-hybridized carbons (Fsp3) is 0.167. The summed E-state index contributed by atoms with van der Waals surface area (Å²) in [5.74, 6) is 1.17. The van der Waals surface area contributed by atoms with Crippen molar-refractivity contribution in [1.29, 1.82) is 0 Å². The maximum atomic E-state index is 11.9. The Balaban J connectivity index is 2.08. The first-order chi connectivity index (χ1) is 10.7. The number of carbonyl (C=O) groups excluding carboxylic acids is 1. The van der Waals surface area contributed by atoms with Crippen molar-refractivity contribution in [3.8, 4) is 17.2 Å². The Labute approximate surface area is 129 Å². The molecule has 0 aliphatic rings. The van der Waals surface area contributed by atoms with Crippen LogP contribution in [0.25, 0.3) is 6.08 Å². The standard InChI is InChI=1S/C18H18O4/c1-3-21-16-10-6-7-11-17(16)22-18(19)13-12-14-8-4-5-9-15(14)20-2/h4-13H,3H2,1-2H3/b13-12+. The van der Waals surface area contributed by atoms with Gasteiger partial charge in [-0.1, -0.05) is 30.3 Å². The fourth-order valence-electron chi connectivity index (χ4n) is 1.91. The van der Waals surface area contributed by atoms with Gasteiger partial charge in [-0.15, -0.1) is 0 Å². The lowest BCUT2D eigenvalue weighted by atomic mass is 10.2. The van der Waals surface area contributed by atoms with Gasteiger partial charge in [0.15, 0.2) is 11.5 Å². The van der Waals surface area contributed by atoms with Gasteiger partial charge in [-0.25, -0.2) is 4.79 Å². The molecule has 4 heteroatoms. The Bertz CT molecular complexity index is 662. The Kier molecular flexibility index (Phi) is 5.60. The average molecular weight is 298 g/mol. The normalized spacial score (nSPS) is 10.5. The van der Waals surface area contributed by atoms with E-state index < -0.39 is 5.97 Å². The van der Waals surface area contributed by atoms with Crippen molar-refractivity contribution in [3.05, 3.63) is 60.2 Å². The topological polar surface area (TPSA) is 44.8 Å². The minimum absolute atomic E-state index is 0.402. The number of methoxy groups -OCH3 is 1. The van der Waals surface area contributed by atoms with Gasteiger partial charge in [0.25, 0.3) is 0 Å². The molecular weight excluding hydrogens is 280 g/mol. The predicted molar refractivity (Wildman–Crippen MR) is 85.3 cm³/mol. The lowest BCUT2D eigenvalue weighted by Crippen LogP contribution is -2.05. The van der Waals surface area contributed by atoms with E-state index in [1.54, 1.807) is 31.4 Å². The first kappa shape index (κ1) is 15.6. The zero-order valence-corrected chi connectivity index (χ0v) is 12.6. The van der Waals surface area contributed by atoms with E-state index >= 15 is 0 Å². The maximum absolute atomic E-state index is 11.9. The summed E-state index contributed by atoms with van der Waals surface area (Å²) in [6.45, 7) is 2.38. The van der Waals surface area contributed by atoms with Gasteiger partial charge in [-0.05, 0) is 31.2 Å². The SMILES string of the molecule is CCOc1ccccc1OC(=O)/C=C/c1ccccc1OC. The van der Waals surface area contributed by atoms with Crippen LogP contribution >= 0.6 is 0 Å². The number of rotatable bonds is 6. The van der Waals surface area contributed by atoms with E-state index in [1.807, 2.05) is 37.3 Å². The van der Waals surface area contributed by atoms with Crippen molar-refractivity contribution in [2.75, 3.05) is 13.7 Å². The maximum Gasteiger partial charge on any atom is 0.336 e. The summed E-state index contributed by atoms with van der Waals surface area (Å²) < 4.78 is 15.9. The van der Waals surface area contributed by atoms with Gasteiger partial charge >= 0.3 is 5.97 Å². The van der Waals surface area contributed by atoms with Crippen LogP contribution < -0.4 is 14.2 Å². The van der Waals surface area contributed by atoms with E-state index in [0.29, 0.717) is 23.9 Å². The number of para-hydroxylation sites is 3. The van der Waals surface area contributed by atoms with Crippen LogP contribution in [0.4, 0.5) is 0 Å². The molecule has 0 amide bonds. The summed E-state index contributed by atoms with van der Waals surface area (Å²) in [7, 11) is 1.59. The summed E-state index contributed by atoms with van der Waals surface area (Å²) in [6.07, 6.45) is 3.02. The zero-order valence-electron chi connectivity index (χ0n) is 12.6. The van der Waals surface area contributed by atoms with Gasteiger partial charge in [0.1, 0.15) is 5.75 Å². The van der Waals surface area contributed by atoms with Crippen LogP contribution in [-0.2, 0) is 4.79 Å². The molecule has 0 unspecified atom stereocenters. The number of carbonyl (C=O) groups is 1. The van der Waals surface area contributed by atoms with E-state index in [9.17, 15) is 4.79 Å². The second-order valence-electron chi connectivity index (χ2n) is 4.38. The molecule has 0 spiro atoms. The first-order valence-electron chi connectivity index (χ1n) is 6.99. The van der Waals surface area contributed by atoms with E-state index in [-0.39, 0.29) is 0 Å². The molecule has 4 nitrogen and oxygen atoms in total. The van der Waals surface area contributed by atoms with Crippen molar-refractivity contribution in [2.45, 2.75) is 6.92 Å². The highest BCUT2D eigenvalue weighted by atomic mass is 16.6. The third-order valence-corrected chi connectivity index (χ3v) is 2.90. The van der Waals surface area contributed by atoms with Crippen molar-refractivity contribution >= 4 is 12.0 Å². The molecular formula is C18H18O4. The van der Waals surface area contributed by atoms with Crippen LogP contribution in [0, 0.1) is 0 Å². The Morgan fingerprint density at radius 1 is 1.00 bits per heavy atom. The number of hydrogen-bond acceptors (Lipinski definition) is 4. The van der Waals surface area contributed by atoms with Crippen molar-refractivity contribution in [3.63, 3.8) is 0 Å². The number of ether oxygens (including phenoxy) is 3.